The van der Waals surface area contributed by atoms with Crippen molar-refractivity contribution < 1.29 is 0 Å². The van der Waals surface area contributed by atoms with E-state index in [1.807, 2.05) is 12.1 Å². The SMILES string of the molecule is C[C@@H](c1ccccc1)N1[C@@H](/C=C/[Si](C)(C)C)[C@@H]1c1ccc(Cl)cc1. The molecule has 126 valence electrons. The van der Waals surface area contributed by atoms with Crippen LogP contribution in [0.25, 0.3) is 0 Å². The largest absolute Gasteiger partial charge is 0.279 e. The summed E-state index contributed by atoms with van der Waals surface area (Å²) in [5.41, 5.74) is 5.20. The lowest BCUT2D eigenvalue weighted by atomic mass is 10.1. The molecule has 2 aromatic carbocycles. The van der Waals surface area contributed by atoms with Gasteiger partial charge in [-0.3, -0.25) is 4.90 Å². The summed E-state index contributed by atoms with van der Waals surface area (Å²) in [5, 5.41) is 0.802. The van der Waals surface area contributed by atoms with Gasteiger partial charge in [0.2, 0.25) is 0 Å². The van der Waals surface area contributed by atoms with Crippen molar-refractivity contribution in [3.8, 4) is 0 Å². The minimum absolute atomic E-state index is 0.406. The number of halogens is 1. The van der Waals surface area contributed by atoms with Crippen molar-refractivity contribution in [3.63, 3.8) is 0 Å². The van der Waals surface area contributed by atoms with Gasteiger partial charge in [0, 0.05) is 17.1 Å². The van der Waals surface area contributed by atoms with Gasteiger partial charge in [0.15, 0.2) is 0 Å². The number of nitrogens with zero attached hydrogens (tertiary/aromatic N) is 1. The molecule has 1 nitrogen and oxygen atoms in total. The number of benzene rings is 2. The van der Waals surface area contributed by atoms with Crippen molar-refractivity contribution in [2.24, 2.45) is 0 Å². The van der Waals surface area contributed by atoms with E-state index in [0.29, 0.717) is 18.1 Å². The maximum Gasteiger partial charge on any atom is 0.0683 e. The van der Waals surface area contributed by atoms with Gasteiger partial charge in [-0.05, 0) is 30.2 Å². The molecule has 1 unspecified atom stereocenters. The van der Waals surface area contributed by atoms with Gasteiger partial charge < -0.3 is 0 Å². The van der Waals surface area contributed by atoms with Crippen LogP contribution in [-0.2, 0) is 0 Å². The third kappa shape index (κ3) is 4.00. The minimum Gasteiger partial charge on any atom is -0.279 e. The first-order valence-corrected chi connectivity index (χ1v) is 12.6. The summed E-state index contributed by atoms with van der Waals surface area (Å²) in [6.07, 6.45) is 2.44. The van der Waals surface area contributed by atoms with E-state index in [1.54, 1.807) is 0 Å². The Morgan fingerprint density at radius 3 is 2.21 bits per heavy atom. The molecule has 0 spiro atoms. The molecule has 0 N–H and O–H groups in total. The Morgan fingerprint density at radius 1 is 1.00 bits per heavy atom. The molecular weight excluding hydrogens is 330 g/mol. The second-order valence-electron chi connectivity index (χ2n) is 7.75. The van der Waals surface area contributed by atoms with Gasteiger partial charge in [0.05, 0.1) is 14.1 Å². The molecule has 0 amide bonds. The molecular formula is C21H26ClNSi. The lowest BCUT2D eigenvalue weighted by Crippen LogP contribution is -2.16. The lowest BCUT2D eigenvalue weighted by molar-refractivity contribution is 0.396. The van der Waals surface area contributed by atoms with Gasteiger partial charge in [0.25, 0.3) is 0 Å². The van der Waals surface area contributed by atoms with Crippen LogP contribution < -0.4 is 0 Å². The summed E-state index contributed by atoms with van der Waals surface area (Å²) in [5.74, 6) is 0. The third-order valence-electron chi connectivity index (χ3n) is 4.63. The average molecular weight is 356 g/mol. The fourth-order valence-corrected chi connectivity index (χ4v) is 4.19. The zero-order valence-electron chi connectivity index (χ0n) is 14.9. The Labute approximate surface area is 152 Å². The quantitative estimate of drug-likeness (QED) is 0.451. The summed E-state index contributed by atoms with van der Waals surface area (Å²) in [4.78, 5) is 2.59. The van der Waals surface area contributed by atoms with Crippen LogP contribution in [0.1, 0.15) is 30.1 Å². The van der Waals surface area contributed by atoms with Crippen LogP contribution in [0.3, 0.4) is 0 Å². The standard InChI is InChI=1S/C21H26ClNSi/c1-16(17-8-6-5-7-9-17)23-20(14-15-24(2,3)4)21(23)18-10-12-19(22)13-11-18/h5-16,20-21H,1-4H3/b15-14+/t16-,20-,21-,23?/m0/s1. The highest BCUT2D eigenvalue weighted by Crippen LogP contribution is 2.50. The van der Waals surface area contributed by atoms with Crippen LogP contribution in [0.5, 0.6) is 0 Å². The van der Waals surface area contributed by atoms with Crippen molar-refractivity contribution in [1.29, 1.82) is 0 Å². The Hall–Kier alpha value is -1.35. The lowest BCUT2D eigenvalue weighted by Gasteiger charge is -2.15. The molecule has 0 aliphatic carbocycles. The molecule has 0 bridgehead atoms. The maximum absolute atomic E-state index is 6.07. The molecule has 1 saturated heterocycles. The molecule has 0 aromatic heterocycles. The highest BCUT2D eigenvalue weighted by Gasteiger charge is 2.49. The molecule has 0 saturated carbocycles. The molecule has 2 aromatic rings. The first-order chi connectivity index (χ1) is 11.4. The molecule has 4 atom stereocenters. The molecule has 24 heavy (non-hydrogen) atoms. The predicted octanol–water partition coefficient (Wildman–Crippen LogP) is 6.26. The van der Waals surface area contributed by atoms with Gasteiger partial charge in [0.1, 0.15) is 0 Å². The summed E-state index contributed by atoms with van der Waals surface area (Å²) in [6, 6.07) is 20.4. The third-order valence-corrected chi connectivity index (χ3v) is 6.08. The Kier molecular flexibility index (Phi) is 5.00. The number of hydrogen-bond acceptors (Lipinski definition) is 1. The monoisotopic (exact) mass is 355 g/mol. The topological polar surface area (TPSA) is 3.01 Å². The highest BCUT2D eigenvalue weighted by atomic mass is 35.5. The summed E-state index contributed by atoms with van der Waals surface area (Å²) < 4.78 is 0. The summed E-state index contributed by atoms with van der Waals surface area (Å²) >= 11 is 6.07. The minimum atomic E-state index is -1.19. The van der Waals surface area contributed by atoms with Crippen LogP contribution in [0.15, 0.2) is 66.4 Å². The molecule has 1 aliphatic heterocycles. The Morgan fingerprint density at radius 2 is 1.62 bits per heavy atom. The van der Waals surface area contributed by atoms with Crippen LogP contribution in [-0.4, -0.2) is 19.0 Å². The van der Waals surface area contributed by atoms with Gasteiger partial charge >= 0.3 is 0 Å². The zero-order valence-corrected chi connectivity index (χ0v) is 16.7. The maximum atomic E-state index is 6.07. The van der Waals surface area contributed by atoms with Crippen LogP contribution >= 0.6 is 11.6 Å². The van der Waals surface area contributed by atoms with Crippen LogP contribution in [0, 0.1) is 0 Å². The Balaban J connectivity index is 1.86. The van der Waals surface area contributed by atoms with Gasteiger partial charge in [-0.1, -0.05) is 85.5 Å². The van der Waals surface area contributed by atoms with Crippen LogP contribution in [0.2, 0.25) is 24.7 Å². The van der Waals surface area contributed by atoms with Crippen molar-refractivity contribution in [1.82, 2.24) is 4.90 Å². The second-order valence-corrected chi connectivity index (χ2v) is 13.2. The van der Waals surface area contributed by atoms with E-state index in [2.05, 4.69) is 85.7 Å². The first kappa shape index (κ1) is 17.5. The molecule has 1 heterocycles. The van der Waals surface area contributed by atoms with E-state index in [-0.39, 0.29) is 0 Å². The predicted molar refractivity (Wildman–Crippen MR) is 107 cm³/mol. The van der Waals surface area contributed by atoms with Crippen molar-refractivity contribution in [2.75, 3.05) is 0 Å². The van der Waals surface area contributed by atoms with Crippen molar-refractivity contribution in [2.45, 2.75) is 44.7 Å². The number of hydrogen-bond donors (Lipinski definition) is 0. The molecule has 0 radical (unpaired) electrons. The Bertz CT molecular complexity index is 703. The smallest absolute Gasteiger partial charge is 0.0683 e. The van der Waals surface area contributed by atoms with Crippen molar-refractivity contribution >= 4 is 19.7 Å². The first-order valence-electron chi connectivity index (χ1n) is 8.64. The average Bonchev–Trinajstić information content (AvgIpc) is 3.27. The van der Waals surface area contributed by atoms with E-state index in [9.17, 15) is 0 Å². The van der Waals surface area contributed by atoms with Gasteiger partial charge in [-0.2, -0.15) is 0 Å². The van der Waals surface area contributed by atoms with Gasteiger partial charge in [-0.25, -0.2) is 0 Å². The highest BCUT2D eigenvalue weighted by molar-refractivity contribution is 6.80. The zero-order chi connectivity index (χ0) is 17.3. The van der Waals surface area contributed by atoms with Gasteiger partial charge in [-0.15, -0.1) is 0 Å². The van der Waals surface area contributed by atoms with E-state index in [1.165, 1.54) is 11.1 Å². The second kappa shape index (κ2) is 6.87. The fourth-order valence-electron chi connectivity index (χ4n) is 3.29. The summed E-state index contributed by atoms with van der Waals surface area (Å²) in [6.45, 7) is 9.46. The van der Waals surface area contributed by atoms with E-state index >= 15 is 0 Å². The molecule has 3 heteroatoms. The van der Waals surface area contributed by atoms with E-state index < -0.39 is 8.07 Å². The fraction of sp³-hybridized carbons (Fsp3) is 0.333. The molecule has 1 aliphatic rings. The van der Waals surface area contributed by atoms with Crippen molar-refractivity contribution in [3.05, 3.63) is 82.5 Å². The van der Waals surface area contributed by atoms with Crippen LogP contribution in [0.4, 0.5) is 0 Å². The van der Waals surface area contributed by atoms with E-state index in [4.69, 9.17) is 11.6 Å². The number of rotatable bonds is 5. The normalized spacial score (nSPS) is 25.0. The molecule has 3 rings (SSSR count). The molecule has 1 fully saturated rings. The summed E-state index contributed by atoms with van der Waals surface area (Å²) in [7, 11) is -1.19. The van der Waals surface area contributed by atoms with E-state index in [0.717, 1.165) is 5.02 Å².